The Morgan fingerprint density at radius 1 is 0.857 bits per heavy atom. The van der Waals surface area contributed by atoms with E-state index in [0.717, 1.165) is 22.4 Å². The number of benzene rings is 2. The van der Waals surface area contributed by atoms with Crippen LogP contribution < -0.4 is 5.32 Å². The second-order valence-electron chi connectivity index (χ2n) is 6.16. The summed E-state index contributed by atoms with van der Waals surface area (Å²) in [7, 11) is 0. The number of nitrogens with zero attached hydrogens (tertiary/aromatic N) is 2. The second-order valence-corrected chi connectivity index (χ2v) is 6.16. The zero-order chi connectivity index (χ0) is 14.9. The topological polar surface area (TPSA) is 37.8 Å². The van der Waals surface area contributed by atoms with Gasteiger partial charge in [-0.15, -0.1) is 0 Å². The first-order valence-corrected chi connectivity index (χ1v) is 7.12. The lowest BCUT2D eigenvalue weighted by molar-refractivity contribution is 0.596. The van der Waals surface area contributed by atoms with Crippen LogP contribution >= 0.6 is 0 Å². The minimum Gasteiger partial charge on any atom is -0.340 e. The molecule has 0 spiro atoms. The van der Waals surface area contributed by atoms with Gasteiger partial charge in [-0.05, 0) is 29.2 Å². The average molecular weight is 277 g/mol. The minimum atomic E-state index is 0.0390. The van der Waals surface area contributed by atoms with Crippen molar-refractivity contribution >= 4 is 22.4 Å². The zero-order valence-electron chi connectivity index (χ0n) is 12.6. The van der Waals surface area contributed by atoms with E-state index in [2.05, 4.69) is 48.2 Å². The lowest BCUT2D eigenvalue weighted by Crippen LogP contribution is -2.13. The summed E-state index contributed by atoms with van der Waals surface area (Å²) < 4.78 is 0. The molecule has 1 N–H and O–H groups in total. The fourth-order valence-electron chi connectivity index (χ4n) is 2.49. The molecule has 0 atom stereocenters. The van der Waals surface area contributed by atoms with Crippen LogP contribution in [0.2, 0.25) is 0 Å². The van der Waals surface area contributed by atoms with Gasteiger partial charge in [0.25, 0.3) is 0 Å². The number of hydrogen-bond acceptors (Lipinski definition) is 3. The molecule has 0 radical (unpaired) electrons. The number of nitrogens with one attached hydrogen (secondary N) is 1. The van der Waals surface area contributed by atoms with Crippen molar-refractivity contribution < 1.29 is 0 Å². The number of fused-ring (bicyclic) bond motifs is 1. The maximum atomic E-state index is 4.45. The van der Waals surface area contributed by atoms with E-state index in [4.69, 9.17) is 0 Å². The largest absolute Gasteiger partial charge is 0.340 e. The number of hydrogen-bond donors (Lipinski definition) is 1. The van der Waals surface area contributed by atoms with Gasteiger partial charge in [0.15, 0.2) is 0 Å². The van der Waals surface area contributed by atoms with Gasteiger partial charge in [-0.1, -0.05) is 51.1 Å². The van der Waals surface area contributed by atoms with Gasteiger partial charge in [0.05, 0.1) is 5.52 Å². The summed E-state index contributed by atoms with van der Waals surface area (Å²) in [5.41, 5.74) is 3.29. The van der Waals surface area contributed by atoms with Crippen LogP contribution in [-0.2, 0) is 5.41 Å². The molecule has 21 heavy (non-hydrogen) atoms. The van der Waals surface area contributed by atoms with Gasteiger partial charge in [0.1, 0.15) is 12.1 Å². The van der Waals surface area contributed by atoms with Crippen LogP contribution in [0.1, 0.15) is 26.3 Å². The van der Waals surface area contributed by atoms with E-state index in [1.54, 1.807) is 6.33 Å². The molecule has 106 valence electrons. The summed E-state index contributed by atoms with van der Waals surface area (Å²) in [5.74, 6) is 0.858. The molecule has 0 bridgehead atoms. The zero-order valence-corrected chi connectivity index (χ0v) is 12.6. The van der Waals surface area contributed by atoms with E-state index in [1.807, 2.05) is 36.4 Å². The SMILES string of the molecule is CC(C)(C)c1cccc2ncnc(Nc3ccccc3)c12. The molecule has 0 unspecified atom stereocenters. The molecule has 3 aromatic rings. The standard InChI is InChI=1S/C18H19N3/c1-18(2,3)14-10-7-11-15-16(14)17(20-12-19-15)21-13-8-5-4-6-9-13/h4-12H,1-3H3,(H,19,20,21). The third-order valence-corrected chi connectivity index (χ3v) is 3.51. The second kappa shape index (κ2) is 5.17. The van der Waals surface area contributed by atoms with Crippen LogP contribution in [0.25, 0.3) is 10.9 Å². The molecular formula is C18H19N3. The number of anilines is 2. The van der Waals surface area contributed by atoms with E-state index in [0.29, 0.717) is 0 Å². The normalized spacial score (nSPS) is 11.6. The Kier molecular flexibility index (Phi) is 3.34. The molecule has 0 amide bonds. The molecule has 0 saturated heterocycles. The highest BCUT2D eigenvalue weighted by Gasteiger charge is 2.19. The number of rotatable bonds is 2. The molecule has 0 fully saturated rings. The minimum absolute atomic E-state index is 0.0390. The van der Waals surface area contributed by atoms with Crippen molar-refractivity contribution in [2.45, 2.75) is 26.2 Å². The van der Waals surface area contributed by atoms with Crippen LogP contribution in [0.4, 0.5) is 11.5 Å². The highest BCUT2D eigenvalue weighted by molar-refractivity contribution is 5.94. The molecule has 0 aliphatic heterocycles. The van der Waals surface area contributed by atoms with Gasteiger partial charge in [-0.3, -0.25) is 0 Å². The van der Waals surface area contributed by atoms with Crippen LogP contribution in [0.5, 0.6) is 0 Å². The van der Waals surface area contributed by atoms with Crippen LogP contribution in [0.3, 0.4) is 0 Å². The van der Waals surface area contributed by atoms with Crippen molar-refractivity contribution in [2.24, 2.45) is 0 Å². The molecule has 0 aliphatic carbocycles. The van der Waals surface area contributed by atoms with Gasteiger partial charge in [0, 0.05) is 11.1 Å². The van der Waals surface area contributed by atoms with Crippen molar-refractivity contribution in [3.05, 3.63) is 60.4 Å². The average Bonchev–Trinajstić information content (AvgIpc) is 2.47. The molecule has 0 saturated carbocycles. The molecular weight excluding hydrogens is 258 g/mol. The molecule has 0 aliphatic rings. The van der Waals surface area contributed by atoms with Gasteiger partial charge in [-0.25, -0.2) is 9.97 Å². The quantitative estimate of drug-likeness (QED) is 0.739. The highest BCUT2D eigenvalue weighted by atomic mass is 15.0. The van der Waals surface area contributed by atoms with Gasteiger partial charge >= 0.3 is 0 Å². The van der Waals surface area contributed by atoms with Gasteiger partial charge in [0.2, 0.25) is 0 Å². The molecule has 3 nitrogen and oxygen atoms in total. The van der Waals surface area contributed by atoms with Gasteiger partial charge < -0.3 is 5.32 Å². The third-order valence-electron chi connectivity index (χ3n) is 3.51. The van der Waals surface area contributed by atoms with Crippen molar-refractivity contribution in [1.82, 2.24) is 9.97 Å². The molecule has 1 aromatic heterocycles. The molecule has 3 rings (SSSR count). The maximum absolute atomic E-state index is 4.45. The fraction of sp³-hybridized carbons (Fsp3) is 0.222. The number of aromatic nitrogens is 2. The first-order valence-electron chi connectivity index (χ1n) is 7.12. The Labute approximate surface area is 125 Å². The van der Waals surface area contributed by atoms with E-state index in [9.17, 15) is 0 Å². The Bertz CT molecular complexity index is 753. The Morgan fingerprint density at radius 2 is 1.62 bits per heavy atom. The lowest BCUT2D eigenvalue weighted by atomic mass is 9.84. The predicted octanol–water partition coefficient (Wildman–Crippen LogP) is 4.67. The van der Waals surface area contributed by atoms with Crippen molar-refractivity contribution in [3.8, 4) is 0 Å². The molecule has 3 heteroatoms. The summed E-state index contributed by atoms with van der Waals surface area (Å²) in [6, 6.07) is 16.3. The van der Waals surface area contributed by atoms with E-state index in [-0.39, 0.29) is 5.41 Å². The third kappa shape index (κ3) is 2.72. The summed E-state index contributed by atoms with van der Waals surface area (Å²) in [6.45, 7) is 6.63. The maximum Gasteiger partial charge on any atom is 0.141 e. The summed E-state index contributed by atoms with van der Waals surface area (Å²) in [6.07, 6.45) is 1.61. The van der Waals surface area contributed by atoms with Crippen molar-refractivity contribution in [3.63, 3.8) is 0 Å². The first kappa shape index (κ1) is 13.6. The van der Waals surface area contributed by atoms with Crippen molar-refractivity contribution in [2.75, 3.05) is 5.32 Å². The van der Waals surface area contributed by atoms with Crippen LogP contribution in [-0.4, -0.2) is 9.97 Å². The van der Waals surface area contributed by atoms with Gasteiger partial charge in [-0.2, -0.15) is 0 Å². The van der Waals surface area contributed by atoms with E-state index < -0.39 is 0 Å². The Hall–Kier alpha value is -2.42. The predicted molar refractivity (Wildman–Crippen MR) is 88.0 cm³/mol. The Balaban J connectivity index is 2.19. The smallest absolute Gasteiger partial charge is 0.141 e. The van der Waals surface area contributed by atoms with Crippen LogP contribution in [0.15, 0.2) is 54.9 Å². The van der Waals surface area contributed by atoms with E-state index in [1.165, 1.54) is 5.56 Å². The fourth-order valence-corrected chi connectivity index (χ4v) is 2.49. The Morgan fingerprint density at radius 3 is 2.33 bits per heavy atom. The number of para-hydroxylation sites is 1. The summed E-state index contributed by atoms with van der Waals surface area (Å²) in [4.78, 5) is 8.86. The molecule has 1 heterocycles. The summed E-state index contributed by atoms with van der Waals surface area (Å²) in [5, 5.41) is 4.50. The van der Waals surface area contributed by atoms with Crippen LogP contribution in [0, 0.1) is 0 Å². The summed E-state index contributed by atoms with van der Waals surface area (Å²) >= 11 is 0. The highest BCUT2D eigenvalue weighted by Crippen LogP contribution is 2.33. The van der Waals surface area contributed by atoms with Crippen molar-refractivity contribution in [1.29, 1.82) is 0 Å². The monoisotopic (exact) mass is 277 g/mol. The lowest BCUT2D eigenvalue weighted by Gasteiger charge is -2.22. The van der Waals surface area contributed by atoms with E-state index >= 15 is 0 Å². The first-order chi connectivity index (χ1) is 10.1. The molecule has 2 aromatic carbocycles.